The minimum atomic E-state index is -2.46. The van der Waals surface area contributed by atoms with Gasteiger partial charge in [0.05, 0.1) is 0 Å². The minimum absolute atomic E-state index is 0.0367. The van der Waals surface area contributed by atoms with Crippen molar-refractivity contribution in [3.05, 3.63) is 0 Å². The summed E-state index contributed by atoms with van der Waals surface area (Å²) in [6, 6.07) is 0. The van der Waals surface area contributed by atoms with E-state index < -0.39 is 5.92 Å². The van der Waals surface area contributed by atoms with Crippen LogP contribution in [0.3, 0.4) is 0 Å². The van der Waals surface area contributed by atoms with Crippen LogP contribution in [0, 0.1) is 0 Å². The first-order valence-corrected chi connectivity index (χ1v) is 4.30. The van der Waals surface area contributed by atoms with E-state index in [9.17, 15) is 8.78 Å². The standard InChI is InChI=1S/C8H16F2N2/c1-12-7(6-11)2-4-8(9,10)5-3-7/h12H,2-6,11H2,1H3. The van der Waals surface area contributed by atoms with Gasteiger partial charge >= 0.3 is 0 Å². The Morgan fingerprint density at radius 3 is 2.08 bits per heavy atom. The van der Waals surface area contributed by atoms with Crippen molar-refractivity contribution in [3.8, 4) is 0 Å². The van der Waals surface area contributed by atoms with Crippen LogP contribution in [-0.2, 0) is 0 Å². The number of halogens is 2. The van der Waals surface area contributed by atoms with Gasteiger partial charge in [-0.3, -0.25) is 0 Å². The topological polar surface area (TPSA) is 38.0 Å². The van der Waals surface area contributed by atoms with E-state index in [1.165, 1.54) is 0 Å². The molecule has 0 bridgehead atoms. The first-order chi connectivity index (χ1) is 5.54. The van der Waals surface area contributed by atoms with Crippen molar-refractivity contribution in [3.63, 3.8) is 0 Å². The molecule has 2 nitrogen and oxygen atoms in total. The number of nitrogens with one attached hydrogen (secondary N) is 1. The minimum Gasteiger partial charge on any atom is -0.329 e. The molecular formula is C8H16F2N2. The molecule has 0 aromatic carbocycles. The molecule has 12 heavy (non-hydrogen) atoms. The maximum Gasteiger partial charge on any atom is 0.248 e. The molecule has 0 heterocycles. The first-order valence-electron chi connectivity index (χ1n) is 4.30. The molecule has 1 fully saturated rings. The number of hydrogen-bond acceptors (Lipinski definition) is 2. The van der Waals surface area contributed by atoms with E-state index in [1.54, 1.807) is 7.05 Å². The second kappa shape index (κ2) is 3.26. The molecule has 0 aliphatic heterocycles. The lowest BCUT2D eigenvalue weighted by atomic mass is 9.80. The molecule has 1 rings (SSSR count). The van der Waals surface area contributed by atoms with Gasteiger partial charge in [0.1, 0.15) is 0 Å². The Hall–Kier alpha value is -0.220. The van der Waals surface area contributed by atoms with Crippen molar-refractivity contribution in [1.82, 2.24) is 5.32 Å². The molecule has 4 heteroatoms. The van der Waals surface area contributed by atoms with Crippen LogP contribution in [0.4, 0.5) is 8.78 Å². The highest BCUT2D eigenvalue weighted by molar-refractivity contribution is 4.94. The average molecular weight is 178 g/mol. The monoisotopic (exact) mass is 178 g/mol. The second-order valence-electron chi connectivity index (χ2n) is 3.59. The van der Waals surface area contributed by atoms with Gasteiger partial charge in [-0.25, -0.2) is 8.78 Å². The van der Waals surface area contributed by atoms with Gasteiger partial charge in [0, 0.05) is 24.9 Å². The SMILES string of the molecule is CNC1(CN)CCC(F)(F)CC1. The Balaban J connectivity index is 2.53. The lowest BCUT2D eigenvalue weighted by molar-refractivity contribution is -0.0535. The van der Waals surface area contributed by atoms with E-state index in [4.69, 9.17) is 5.73 Å². The van der Waals surface area contributed by atoms with E-state index in [0.717, 1.165) is 0 Å². The molecule has 0 atom stereocenters. The van der Waals surface area contributed by atoms with Crippen molar-refractivity contribution in [2.24, 2.45) is 5.73 Å². The number of likely N-dealkylation sites (N-methyl/N-ethyl adjacent to an activating group) is 1. The molecule has 0 unspecified atom stereocenters. The summed E-state index contributed by atoms with van der Waals surface area (Å²) in [4.78, 5) is 0. The third-order valence-corrected chi connectivity index (χ3v) is 2.86. The van der Waals surface area contributed by atoms with Crippen LogP contribution in [0.1, 0.15) is 25.7 Å². The van der Waals surface area contributed by atoms with E-state index in [2.05, 4.69) is 5.32 Å². The maximum atomic E-state index is 12.8. The van der Waals surface area contributed by atoms with Gasteiger partial charge in [-0.1, -0.05) is 0 Å². The van der Waals surface area contributed by atoms with Crippen LogP contribution in [0.25, 0.3) is 0 Å². The zero-order chi connectivity index (χ0) is 9.24. The Kier molecular flexibility index (Phi) is 2.68. The van der Waals surface area contributed by atoms with Crippen LogP contribution in [0.15, 0.2) is 0 Å². The smallest absolute Gasteiger partial charge is 0.248 e. The molecule has 1 aliphatic carbocycles. The lowest BCUT2D eigenvalue weighted by Crippen LogP contribution is -2.53. The highest BCUT2D eigenvalue weighted by Crippen LogP contribution is 2.37. The van der Waals surface area contributed by atoms with Crippen molar-refractivity contribution in [1.29, 1.82) is 0 Å². The number of rotatable bonds is 2. The molecule has 0 amide bonds. The van der Waals surface area contributed by atoms with Gasteiger partial charge in [0.15, 0.2) is 0 Å². The van der Waals surface area contributed by atoms with E-state index in [-0.39, 0.29) is 18.4 Å². The summed E-state index contributed by atoms with van der Waals surface area (Å²) in [5.74, 6) is -2.46. The molecule has 0 aromatic heterocycles. The number of alkyl halides is 2. The normalized spacial score (nSPS) is 27.0. The molecule has 1 saturated carbocycles. The fraction of sp³-hybridized carbons (Fsp3) is 1.00. The fourth-order valence-corrected chi connectivity index (χ4v) is 1.65. The Bertz CT molecular complexity index is 143. The van der Waals surface area contributed by atoms with Gasteiger partial charge in [0.2, 0.25) is 5.92 Å². The van der Waals surface area contributed by atoms with Crippen molar-refractivity contribution in [2.45, 2.75) is 37.1 Å². The summed E-state index contributed by atoms with van der Waals surface area (Å²) in [7, 11) is 1.79. The van der Waals surface area contributed by atoms with Crippen molar-refractivity contribution < 1.29 is 8.78 Å². The summed E-state index contributed by atoms with van der Waals surface area (Å²) in [6.45, 7) is 0.444. The zero-order valence-corrected chi connectivity index (χ0v) is 7.37. The Labute approximate surface area is 71.5 Å². The van der Waals surface area contributed by atoms with Gasteiger partial charge in [-0.05, 0) is 19.9 Å². The van der Waals surface area contributed by atoms with Crippen LogP contribution in [0.2, 0.25) is 0 Å². The molecule has 1 aliphatic rings. The highest BCUT2D eigenvalue weighted by Gasteiger charge is 2.41. The first kappa shape index (κ1) is 9.86. The van der Waals surface area contributed by atoms with Crippen LogP contribution in [-0.4, -0.2) is 25.1 Å². The zero-order valence-electron chi connectivity index (χ0n) is 7.37. The average Bonchev–Trinajstić information content (AvgIpc) is 2.06. The summed E-state index contributed by atoms with van der Waals surface area (Å²) < 4.78 is 25.5. The molecule has 0 aromatic rings. The molecule has 3 N–H and O–H groups in total. The second-order valence-corrected chi connectivity index (χ2v) is 3.59. The third kappa shape index (κ3) is 1.93. The Morgan fingerprint density at radius 2 is 1.75 bits per heavy atom. The van der Waals surface area contributed by atoms with Gasteiger partial charge in [0.25, 0.3) is 0 Å². The van der Waals surface area contributed by atoms with Crippen LogP contribution in [0.5, 0.6) is 0 Å². The quantitative estimate of drug-likeness (QED) is 0.664. The summed E-state index contributed by atoms with van der Waals surface area (Å²) >= 11 is 0. The molecule has 72 valence electrons. The summed E-state index contributed by atoms with van der Waals surface area (Å²) in [5, 5.41) is 3.05. The number of hydrogen-bond donors (Lipinski definition) is 2. The van der Waals surface area contributed by atoms with E-state index >= 15 is 0 Å². The fourth-order valence-electron chi connectivity index (χ4n) is 1.65. The van der Waals surface area contributed by atoms with Crippen molar-refractivity contribution in [2.75, 3.05) is 13.6 Å². The third-order valence-electron chi connectivity index (χ3n) is 2.86. The number of nitrogens with two attached hydrogens (primary N) is 1. The predicted molar refractivity (Wildman–Crippen MR) is 44.3 cm³/mol. The predicted octanol–water partition coefficient (Wildman–Crippen LogP) is 1.11. The maximum absolute atomic E-state index is 12.8. The Morgan fingerprint density at radius 1 is 1.25 bits per heavy atom. The lowest BCUT2D eigenvalue weighted by Gasteiger charge is -2.39. The van der Waals surface area contributed by atoms with E-state index in [1.807, 2.05) is 0 Å². The molecule has 0 saturated heterocycles. The van der Waals surface area contributed by atoms with Crippen LogP contribution < -0.4 is 11.1 Å². The highest BCUT2D eigenvalue weighted by atomic mass is 19.3. The van der Waals surface area contributed by atoms with Gasteiger partial charge in [-0.2, -0.15) is 0 Å². The van der Waals surface area contributed by atoms with Crippen LogP contribution >= 0.6 is 0 Å². The summed E-state index contributed by atoms with van der Waals surface area (Å²) in [5.41, 5.74) is 5.30. The molecule has 0 spiro atoms. The van der Waals surface area contributed by atoms with Crippen molar-refractivity contribution >= 4 is 0 Å². The largest absolute Gasteiger partial charge is 0.329 e. The molecular weight excluding hydrogens is 162 g/mol. The van der Waals surface area contributed by atoms with Gasteiger partial charge < -0.3 is 11.1 Å². The summed E-state index contributed by atoms with van der Waals surface area (Å²) in [6.07, 6.45) is 0.885. The van der Waals surface area contributed by atoms with Gasteiger partial charge in [-0.15, -0.1) is 0 Å². The molecule has 0 radical (unpaired) electrons. The van der Waals surface area contributed by atoms with E-state index in [0.29, 0.717) is 19.4 Å².